The lowest BCUT2D eigenvalue weighted by atomic mass is 10.0. The summed E-state index contributed by atoms with van der Waals surface area (Å²) >= 11 is 0. The van der Waals surface area contributed by atoms with Crippen LogP contribution < -0.4 is 4.90 Å². The summed E-state index contributed by atoms with van der Waals surface area (Å²) in [6.45, 7) is 1.56. The van der Waals surface area contributed by atoms with Crippen molar-refractivity contribution in [1.29, 1.82) is 0 Å². The van der Waals surface area contributed by atoms with Crippen molar-refractivity contribution < 1.29 is 23.9 Å². The number of Topliss-reactive ketones (excluding diaryl/α,β-unsaturated/α-hetero) is 1. The Kier molecular flexibility index (Phi) is 5.01. The summed E-state index contributed by atoms with van der Waals surface area (Å²) < 4.78 is 5.34. The van der Waals surface area contributed by atoms with E-state index in [4.69, 9.17) is 4.74 Å². The van der Waals surface area contributed by atoms with E-state index in [0.717, 1.165) is 24.2 Å². The fraction of sp³-hybridized carbons (Fsp3) is 0.304. The SMILES string of the molecule is C[C@H](OC(=O)c1ccc(N2C(=O)CCC2=O)cc1)C(=O)c1ccc2c(c1)CCC2. The van der Waals surface area contributed by atoms with Crippen LogP contribution in [0.25, 0.3) is 0 Å². The van der Waals surface area contributed by atoms with Crippen LogP contribution in [0.5, 0.6) is 0 Å². The lowest BCUT2D eigenvalue weighted by molar-refractivity contribution is -0.121. The smallest absolute Gasteiger partial charge is 0.338 e. The van der Waals surface area contributed by atoms with Crippen molar-refractivity contribution in [1.82, 2.24) is 0 Å². The summed E-state index contributed by atoms with van der Waals surface area (Å²) in [6, 6.07) is 11.7. The first-order chi connectivity index (χ1) is 13.9. The molecule has 1 fully saturated rings. The quantitative estimate of drug-likeness (QED) is 0.444. The molecule has 1 aliphatic carbocycles. The third kappa shape index (κ3) is 3.70. The van der Waals surface area contributed by atoms with Gasteiger partial charge in [-0.2, -0.15) is 0 Å². The maximum Gasteiger partial charge on any atom is 0.338 e. The molecule has 148 valence electrons. The van der Waals surface area contributed by atoms with Crippen molar-refractivity contribution in [3.8, 4) is 0 Å². The minimum atomic E-state index is -0.914. The second-order valence-electron chi connectivity index (χ2n) is 7.42. The molecule has 0 unspecified atom stereocenters. The Hall–Kier alpha value is -3.28. The van der Waals surface area contributed by atoms with E-state index in [1.807, 2.05) is 12.1 Å². The number of imide groups is 1. The van der Waals surface area contributed by atoms with Gasteiger partial charge in [-0.1, -0.05) is 12.1 Å². The Balaban J connectivity index is 1.42. The fourth-order valence-corrected chi connectivity index (χ4v) is 3.85. The molecule has 1 saturated heterocycles. The molecule has 0 radical (unpaired) electrons. The van der Waals surface area contributed by atoms with Crippen LogP contribution in [-0.2, 0) is 27.2 Å². The zero-order chi connectivity index (χ0) is 20.5. The van der Waals surface area contributed by atoms with Gasteiger partial charge in [0, 0.05) is 18.4 Å². The largest absolute Gasteiger partial charge is 0.451 e. The maximum absolute atomic E-state index is 12.7. The van der Waals surface area contributed by atoms with Gasteiger partial charge in [-0.15, -0.1) is 0 Å². The van der Waals surface area contributed by atoms with Crippen LogP contribution in [0.1, 0.15) is 58.0 Å². The van der Waals surface area contributed by atoms with Gasteiger partial charge in [0.25, 0.3) is 0 Å². The summed E-state index contributed by atoms with van der Waals surface area (Å²) in [5.74, 6) is -1.37. The molecule has 0 bridgehead atoms. The third-order valence-electron chi connectivity index (χ3n) is 5.45. The Labute approximate surface area is 168 Å². The molecule has 29 heavy (non-hydrogen) atoms. The van der Waals surface area contributed by atoms with Crippen molar-refractivity contribution in [2.75, 3.05) is 4.90 Å². The van der Waals surface area contributed by atoms with Crippen molar-refractivity contribution in [2.24, 2.45) is 0 Å². The average molecular weight is 391 g/mol. The summed E-state index contributed by atoms with van der Waals surface area (Å²) in [5, 5.41) is 0. The van der Waals surface area contributed by atoms with E-state index in [2.05, 4.69) is 0 Å². The Morgan fingerprint density at radius 3 is 2.17 bits per heavy atom. The molecule has 6 heteroatoms. The van der Waals surface area contributed by atoms with Crippen LogP contribution >= 0.6 is 0 Å². The van der Waals surface area contributed by atoms with Crippen molar-refractivity contribution in [3.05, 3.63) is 64.7 Å². The van der Waals surface area contributed by atoms with Gasteiger partial charge in [0.2, 0.25) is 17.6 Å². The Morgan fingerprint density at radius 2 is 1.48 bits per heavy atom. The number of nitrogens with zero attached hydrogens (tertiary/aromatic N) is 1. The Bertz CT molecular complexity index is 992. The molecule has 0 aromatic heterocycles. The lowest BCUT2D eigenvalue weighted by Crippen LogP contribution is -2.28. The highest BCUT2D eigenvalue weighted by Crippen LogP contribution is 2.25. The first-order valence-electron chi connectivity index (χ1n) is 9.77. The molecule has 6 nitrogen and oxygen atoms in total. The van der Waals surface area contributed by atoms with E-state index in [1.165, 1.54) is 35.4 Å². The van der Waals surface area contributed by atoms with E-state index in [9.17, 15) is 19.2 Å². The number of benzene rings is 2. The summed E-state index contributed by atoms with van der Waals surface area (Å²) in [4.78, 5) is 49.8. The molecule has 1 heterocycles. The molecule has 2 amide bonds. The van der Waals surface area contributed by atoms with Crippen LogP contribution in [0, 0.1) is 0 Å². The molecular formula is C23H21NO5. The standard InChI is InChI=1S/C23H21NO5/c1-14(22(27)18-6-5-15-3-2-4-17(15)13-18)29-23(28)16-7-9-19(10-8-16)24-20(25)11-12-21(24)26/h5-10,13-14H,2-4,11-12H2,1H3/t14-/m0/s1. The van der Waals surface area contributed by atoms with Gasteiger partial charge < -0.3 is 4.74 Å². The van der Waals surface area contributed by atoms with E-state index >= 15 is 0 Å². The number of fused-ring (bicyclic) bond motifs is 1. The topological polar surface area (TPSA) is 80.8 Å². The second-order valence-corrected chi connectivity index (χ2v) is 7.42. The first kappa shape index (κ1) is 19.1. The fourth-order valence-electron chi connectivity index (χ4n) is 3.85. The van der Waals surface area contributed by atoms with E-state index in [1.54, 1.807) is 13.0 Å². The van der Waals surface area contributed by atoms with Crippen molar-refractivity contribution in [2.45, 2.75) is 45.1 Å². The third-order valence-corrected chi connectivity index (χ3v) is 5.45. The van der Waals surface area contributed by atoms with Gasteiger partial charge in [-0.05, 0) is 67.6 Å². The number of ether oxygens (including phenoxy) is 1. The lowest BCUT2D eigenvalue weighted by Gasteiger charge is -2.15. The first-order valence-corrected chi connectivity index (χ1v) is 9.77. The predicted octanol–water partition coefficient (Wildman–Crippen LogP) is 3.26. The number of esters is 1. The highest BCUT2D eigenvalue weighted by molar-refractivity contribution is 6.19. The number of carbonyl (C=O) groups excluding carboxylic acids is 4. The maximum atomic E-state index is 12.7. The number of aryl methyl sites for hydroxylation is 2. The minimum absolute atomic E-state index is 0.199. The number of hydrogen-bond acceptors (Lipinski definition) is 5. The van der Waals surface area contributed by atoms with Crippen molar-refractivity contribution in [3.63, 3.8) is 0 Å². The second kappa shape index (κ2) is 7.62. The number of carbonyl (C=O) groups is 4. The highest BCUT2D eigenvalue weighted by atomic mass is 16.5. The number of anilines is 1. The zero-order valence-corrected chi connectivity index (χ0v) is 16.1. The highest BCUT2D eigenvalue weighted by Gasteiger charge is 2.30. The molecule has 4 rings (SSSR count). The van der Waals surface area contributed by atoms with Gasteiger partial charge in [0.15, 0.2) is 6.10 Å². The van der Waals surface area contributed by atoms with Gasteiger partial charge in [-0.3, -0.25) is 19.3 Å². The van der Waals surface area contributed by atoms with Crippen LogP contribution in [-0.4, -0.2) is 29.7 Å². The number of ketones is 1. The summed E-state index contributed by atoms with van der Waals surface area (Å²) in [7, 11) is 0. The molecule has 0 N–H and O–H groups in total. The summed E-state index contributed by atoms with van der Waals surface area (Å²) in [6.07, 6.45) is 2.60. The van der Waals surface area contributed by atoms with Gasteiger partial charge >= 0.3 is 5.97 Å². The number of amides is 2. The molecule has 2 aromatic rings. The van der Waals surface area contributed by atoms with E-state index < -0.39 is 12.1 Å². The van der Waals surface area contributed by atoms with Gasteiger partial charge in [0.1, 0.15) is 0 Å². The molecule has 2 aromatic carbocycles. The number of rotatable bonds is 5. The monoisotopic (exact) mass is 391 g/mol. The number of hydrogen-bond donors (Lipinski definition) is 0. The van der Waals surface area contributed by atoms with E-state index in [0.29, 0.717) is 11.3 Å². The van der Waals surface area contributed by atoms with Crippen molar-refractivity contribution >= 4 is 29.3 Å². The molecule has 2 aliphatic rings. The van der Waals surface area contributed by atoms with Crippen LogP contribution in [0.4, 0.5) is 5.69 Å². The molecule has 0 saturated carbocycles. The molecule has 1 aliphatic heterocycles. The zero-order valence-electron chi connectivity index (χ0n) is 16.1. The molecular weight excluding hydrogens is 370 g/mol. The Morgan fingerprint density at radius 1 is 0.862 bits per heavy atom. The molecule has 0 spiro atoms. The average Bonchev–Trinajstić information content (AvgIpc) is 3.32. The van der Waals surface area contributed by atoms with Gasteiger partial charge in [-0.25, -0.2) is 4.79 Å². The predicted molar refractivity (Wildman–Crippen MR) is 106 cm³/mol. The minimum Gasteiger partial charge on any atom is -0.451 e. The summed E-state index contributed by atoms with van der Waals surface area (Å²) in [5.41, 5.74) is 3.70. The van der Waals surface area contributed by atoms with Crippen LogP contribution in [0.3, 0.4) is 0 Å². The van der Waals surface area contributed by atoms with E-state index in [-0.39, 0.29) is 36.0 Å². The van der Waals surface area contributed by atoms with Crippen LogP contribution in [0.2, 0.25) is 0 Å². The van der Waals surface area contributed by atoms with Gasteiger partial charge in [0.05, 0.1) is 11.3 Å². The van der Waals surface area contributed by atoms with Crippen LogP contribution in [0.15, 0.2) is 42.5 Å². The normalized spacial score (nSPS) is 16.7. The molecule has 1 atom stereocenters.